The fraction of sp³-hybridized carbons (Fsp3) is 0.294. The maximum Gasteiger partial charge on any atom is 0.120 e. The Morgan fingerprint density at radius 1 is 1.00 bits per heavy atom. The highest BCUT2D eigenvalue weighted by Gasteiger charge is 2.00. The first-order valence-electron chi connectivity index (χ1n) is 6.84. The molecule has 0 spiro atoms. The molecule has 2 rings (SSSR count). The minimum atomic E-state index is 0.208. The SMILES string of the molecule is CC(C)Oc1cccc(CNCc2cccc(Br)c2)c1. The molecule has 2 aromatic carbocycles. The van der Waals surface area contributed by atoms with E-state index in [0.29, 0.717) is 0 Å². The van der Waals surface area contributed by atoms with E-state index in [1.807, 2.05) is 32.0 Å². The van der Waals surface area contributed by atoms with Gasteiger partial charge in [0.15, 0.2) is 0 Å². The molecule has 0 aliphatic rings. The van der Waals surface area contributed by atoms with Gasteiger partial charge in [-0.15, -0.1) is 0 Å². The van der Waals surface area contributed by atoms with Crippen LogP contribution in [-0.4, -0.2) is 6.10 Å². The van der Waals surface area contributed by atoms with Gasteiger partial charge in [-0.25, -0.2) is 0 Å². The Morgan fingerprint density at radius 2 is 1.65 bits per heavy atom. The first-order valence-corrected chi connectivity index (χ1v) is 7.63. The molecule has 106 valence electrons. The highest BCUT2D eigenvalue weighted by molar-refractivity contribution is 9.10. The van der Waals surface area contributed by atoms with E-state index in [9.17, 15) is 0 Å². The molecule has 0 saturated carbocycles. The summed E-state index contributed by atoms with van der Waals surface area (Å²) < 4.78 is 6.82. The zero-order valence-electron chi connectivity index (χ0n) is 11.9. The van der Waals surface area contributed by atoms with Crippen LogP contribution in [0.3, 0.4) is 0 Å². The highest BCUT2D eigenvalue weighted by atomic mass is 79.9. The smallest absolute Gasteiger partial charge is 0.120 e. The van der Waals surface area contributed by atoms with Gasteiger partial charge in [-0.3, -0.25) is 0 Å². The summed E-state index contributed by atoms with van der Waals surface area (Å²) in [6, 6.07) is 16.6. The maximum absolute atomic E-state index is 5.70. The Kier molecular flexibility index (Phi) is 5.62. The number of halogens is 1. The molecule has 0 fully saturated rings. The van der Waals surface area contributed by atoms with Crippen LogP contribution in [0.4, 0.5) is 0 Å². The number of ether oxygens (including phenoxy) is 1. The third kappa shape index (κ3) is 4.99. The Bertz CT molecular complexity index is 554. The van der Waals surface area contributed by atoms with E-state index in [0.717, 1.165) is 23.3 Å². The van der Waals surface area contributed by atoms with Crippen LogP contribution in [0.25, 0.3) is 0 Å². The molecule has 0 aromatic heterocycles. The second-order valence-electron chi connectivity index (χ2n) is 5.05. The first kappa shape index (κ1) is 15.1. The molecular formula is C17H20BrNO. The van der Waals surface area contributed by atoms with Gasteiger partial charge < -0.3 is 10.1 Å². The lowest BCUT2D eigenvalue weighted by atomic mass is 10.2. The van der Waals surface area contributed by atoms with E-state index >= 15 is 0 Å². The summed E-state index contributed by atoms with van der Waals surface area (Å²) >= 11 is 3.49. The van der Waals surface area contributed by atoms with Crippen molar-refractivity contribution in [3.8, 4) is 5.75 Å². The molecule has 0 unspecified atom stereocenters. The normalized spacial score (nSPS) is 10.8. The fourth-order valence-electron chi connectivity index (χ4n) is 2.00. The highest BCUT2D eigenvalue weighted by Crippen LogP contribution is 2.15. The van der Waals surface area contributed by atoms with E-state index in [1.165, 1.54) is 11.1 Å². The standard InChI is InChI=1S/C17H20BrNO/c1-13(2)20-17-8-4-6-15(10-17)12-19-11-14-5-3-7-16(18)9-14/h3-10,13,19H,11-12H2,1-2H3. The lowest BCUT2D eigenvalue weighted by Crippen LogP contribution is -2.13. The Hall–Kier alpha value is -1.32. The van der Waals surface area contributed by atoms with Crippen molar-refractivity contribution < 1.29 is 4.74 Å². The summed E-state index contributed by atoms with van der Waals surface area (Å²) in [5, 5.41) is 3.45. The predicted octanol–water partition coefficient (Wildman–Crippen LogP) is 4.53. The molecule has 0 aliphatic carbocycles. The average Bonchev–Trinajstić information content (AvgIpc) is 2.38. The van der Waals surface area contributed by atoms with Gasteiger partial charge in [0.05, 0.1) is 6.10 Å². The molecule has 0 aliphatic heterocycles. The first-order chi connectivity index (χ1) is 9.63. The van der Waals surface area contributed by atoms with Crippen molar-refractivity contribution in [2.24, 2.45) is 0 Å². The topological polar surface area (TPSA) is 21.3 Å². The van der Waals surface area contributed by atoms with Gasteiger partial charge in [-0.1, -0.05) is 40.2 Å². The van der Waals surface area contributed by atoms with E-state index in [1.54, 1.807) is 0 Å². The largest absolute Gasteiger partial charge is 0.491 e. The fourth-order valence-corrected chi connectivity index (χ4v) is 2.45. The van der Waals surface area contributed by atoms with Crippen LogP contribution < -0.4 is 10.1 Å². The number of benzene rings is 2. The molecule has 2 nitrogen and oxygen atoms in total. The predicted molar refractivity (Wildman–Crippen MR) is 86.9 cm³/mol. The molecule has 0 heterocycles. The van der Waals surface area contributed by atoms with Crippen LogP contribution in [0.5, 0.6) is 5.75 Å². The molecule has 20 heavy (non-hydrogen) atoms. The molecule has 0 saturated heterocycles. The molecule has 0 amide bonds. The summed E-state index contributed by atoms with van der Waals surface area (Å²) in [7, 11) is 0. The number of hydrogen-bond donors (Lipinski definition) is 1. The Balaban J connectivity index is 1.87. The van der Waals surface area contributed by atoms with Crippen LogP contribution in [0.15, 0.2) is 53.0 Å². The molecule has 0 radical (unpaired) electrons. The van der Waals surface area contributed by atoms with Crippen molar-refractivity contribution in [3.05, 3.63) is 64.1 Å². The van der Waals surface area contributed by atoms with E-state index in [2.05, 4.69) is 51.6 Å². The number of nitrogens with one attached hydrogen (secondary N) is 1. The summed E-state index contributed by atoms with van der Waals surface area (Å²) in [5.41, 5.74) is 2.51. The molecular weight excluding hydrogens is 314 g/mol. The second-order valence-corrected chi connectivity index (χ2v) is 5.96. The zero-order chi connectivity index (χ0) is 14.4. The van der Waals surface area contributed by atoms with Crippen molar-refractivity contribution in [2.75, 3.05) is 0 Å². The van der Waals surface area contributed by atoms with Gasteiger partial charge in [0.1, 0.15) is 5.75 Å². The minimum Gasteiger partial charge on any atom is -0.491 e. The average molecular weight is 334 g/mol. The molecule has 0 bridgehead atoms. The van der Waals surface area contributed by atoms with E-state index < -0.39 is 0 Å². The third-order valence-corrected chi connectivity index (χ3v) is 3.31. The van der Waals surface area contributed by atoms with Gasteiger partial charge in [-0.2, -0.15) is 0 Å². The van der Waals surface area contributed by atoms with Crippen LogP contribution in [0, 0.1) is 0 Å². The van der Waals surface area contributed by atoms with Gasteiger partial charge in [0.25, 0.3) is 0 Å². The van der Waals surface area contributed by atoms with Gasteiger partial charge in [0.2, 0.25) is 0 Å². The Morgan fingerprint density at radius 3 is 2.30 bits per heavy atom. The van der Waals surface area contributed by atoms with Crippen molar-refractivity contribution >= 4 is 15.9 Å². The molecule has 0 atom stereocenters. The monoisotopic (exact) mass is 333 g/mol. The van der Waals surface area contributed by atoms with Crippen LogP contribution in [-0.2, 0) is 13.1 Å². The van der Waals surface area contributed by atoms with Crippen molar-refractivity contribution in [3.63, 3.8) is 0 Å². The maximum atomic E-state index is 5.70. The lowest BCUT2D eigenvalue weighted by Gasteiger charge is -2.11. The summed E-state index contributed by atoms with van der Waals surface area (Å²) in [6.45, 7) is 5.77. The van der Waals surface area contributed by atoms with E-state index in [-0.39, 0.29) is 6.10 Å². The third-order valence-electron chi connectivity index (χ3n) is 2.82. The van der Waals surface area contributed by atoms with Gasteiger partial charge in [-0.05, 0) is 49.2 Å². The van der Waals surface area contributed by atoms with Crippen molar-refractivity contribution in [1.82, 2.24) is 5.32 Å². The van der Waals surface area contributed by atoms with Crippen LogP contribution in [0.2, 0.25) is 0 Å². The van der Waals surface area contributed by atoms with Gasteiger partial charge in [0, 0.05) is 17.6 Å². The molecule has 1 N–H and O–H groups in total. The number of hydrogen-bond acceptors (Lipinski definition) is 2. The van der Waals surface area contributed by atoms with Crippen molar-refractivity contribution in [2.45, 2.75) is 33.0 Å². The lowest BCUT2D eigenvalue weighted by molar-refractivity contribution is 0.242. The van der Waals surface area contributed by atoms with Crippen LogP contribution in [0.1, 0.15) is 25.0 Å². The minimum absolute atomic E-state index is 0.208. The summed E-state index contributed by atoms with van der Waals surface area (Å²) in [6.07, 6.45) is 0.208. The summed E-state index contributed by atoms with van der Waals surface area (Å²) in [4.78, 5) is 0. The summed E-state index contributed by atoms with van der Waals surface area (Å²) in [5.74, 6) is 0.932. The van der Waals surface area contributed by atoms with E-state index in [4.69, 9.17) is 4.74 Å². The molecule has 2 aromatic rings. The van der Waals surface area contributed by atoms with Crippen molar-refractivity contribution in [1.29, 1.82) is 0 Å². The zero-order valence-corrected chi connectivity index (χ0v) is 13.5. The van der Waals surface area contributed by atoms with Gasteiger partial charge >= 0.3 is 0 Å². The Labute approximate surface area is 129 Å². The number of rotatable bonds is 6. The molecule has 3 heteroatoms. The second kappa shape index (κ2) is 7.46. The van der Waals surface area contributed by atoms with Crippen LogP contribution >= 0.6 is 15.9 Å². The quantitative estimate of drug-likeness (QED) is 0.838.